The number of thiophene rings is 1. The lowest BCUT2D eigenvalue weighted by Gasteiger charge is -2.31. The van der Waals surface area contributed by atoms with E-state index in [0.29, 0.717) is 6.04 Å². The minimum Gasteiger partial charge on any atom is -0.353 e. The average molecular weight is 406 g/mol. The maximum atomic E-state index is 12.7. The molecular weight excluding hydrogens is 386 g/mol. The number of carbonyl (C=O) groups is 1. The number of anilines is 1. The summed E-state index contributed by atoms with van der Waals surface area (Å²) in [6.07, 6.45) is 0.789. The molecule has 0 spiro atoms. The van der Waals surface area contributed by atoms with Gasteiger partial charge in [-0.3, -0.25) is 9.69 Å². The minimum absolute atomic E-state index is 0.0483. The Labute approximate surface area is 154 Å². The highest BCUT2D eigenvalue weighted by Crippen LogP contribution is 2.41. The van der Waals surface area contributed by atoms with Crippen LogP contribution in [0.4, 0.5) is 5.00 Å². The first kappa shape index (κ1) is 16.1. The van der Waals surface area contributed by atoms with Crippen LogP contribution in [0, 0.1) is 0 Å². The number of halogens is 1. The SMILES string of the molecule is CC(C)N1CCc2c(sc3c2C(=O)N[C@@H](c2ccc(Br)cc2)N3)C1. The van der Waals surface area contributed by atoms with Crippen molar-refractivity contribution in [2.75, 3.05) is 11.9 Å². The molecule has 24 heavy (non-hydrogen) atoms. The summed E-state index contributed by atoms with van der Waals surface area (Å²) < 4.78 is 1.04. The maximum absolute atomic E-state index is 12.7. The number of benzene rings is 1. The Morgan fingerprint density at radius 1 is 1.25 bits per heavy atom. The van der Waals surface area contributed by atoms with Crippen LogP contribution in [0.25, 0.3) is 0 Å². The standard InChI is InChI=1S/C18H20BrN3OS/c1-10(2)22-8-7-13-14(9-22)24-18-15(13)17(23)20-16(21-18)11-3-5-12(19)6-4-11/h3-6,10,16,21H,7-9H2,1-2H3,(H,20,23)/t16-/m1/s1. The topological polar surface area (TPSA) is 44.4 Å². The lowest BCUT2D eigenvalue weighted by atomic mass is 9.99. The molecule has 4 rings (SSSR count). The van der Waals surface area contributed by atoms with Crippen LogP contribution in [-0.2, 0) is 13.0 Å². The molecular formula is C18H20BrN3OS. The fourth-order valence-corrected chi connectivity index (χ4v) is 4.96. The normalized spacial score (nSPS) is 20.3. The van der Waals surface area contributed by atoms with Gasteiger partial charge in [0.25, 0.3) is 5.91 Å². The first-order valence-electron chi connectivity index (χ1n) is 8.24. The van der Waals surface area contributed by atoms with Crippen molar-refractivity contribution >= 4 is 38.2 Å². The largest absolute Gasteiger partial charge is 0.353 e. The van der Waals surface area contributed by atoms with Gasteiger partial charge in [-0.15, -0.1) is 11.3 Å². The summed E-state index contributed by atoms with van der Waals surface area (Å²) in [7, 11) is 0. The third-order valence-corrected chi connectivity index (χ3v) is 6.47. The number of fused-ring (bicyclic) bond motifs is 3. The molecule has 1 atom stereocenters. The first-order chi connectivity index (χ1) is 11.5. The summed E-state index contributed by atoms with van der Waals surface area (Å²) in [5.41, 5.74) is 3.17. The van der Waals surface area contributed by atoms with Gasteiger partial charge >= 0.3 is 0 Å². The molecule has 126 valence electrons. The molecule has 0 saturated heterocycles. The molecule has 3 heterocycles. The molecule has 0 radical (unpaired) electrons. The van der Waals surface area contributed by atoms with Gasteiger partial charge in [-0.2, -0.15) is 0 Å². The molecule has 2 N–H and O–H groups in total. The van der Waals surface area contributed by atoms with E-state index in [9.17, 15) is 4.79 Å². The van der Waals surface area contributed by atoms with Crippen molar-refractivity contribution in [1.82, 2.24) is 10.2 Å². The van der Waals surface area contributed by atoms with Gasteiger partial charge in [-0.25, -0.2) is 0 Å². The zero-order chi connectivity index (χ0) is 16.8. The van der Waals surface area contributed by atoms with Crippen molar-refractivity contribution in [2.24, 2.45) is 0 Å². The van der Waals surface area contributed by atoms with Crippen LogP contribution >= 0.6 is 27.3 Å². The Balaban J connectivity index is 1.65. The van der Waals surface area contributed by atoms with Gasteiger partial charge in [0.15, 0.2) is 0 Å². The summed E-state index contributed by atoms with van der Waals surface area (Å²) in [6, 6.07) is 8.59. The number of carbonyl (C=O) groups excluding carboxylic acids is 1. The third kappa shape index (κ3) is 2.76. The monoisotopic (exact) mass is 405 g/mol. The van der Waals surface area contributed by atoms with E-state index < -0.39 is 0 Å². The van der Waals surface area contributed by atoms with E-state index in [1.54, 1.807) is 11.3 Å². The zero-order valence-corrected chi connectivity index (χ0v) is 16.1. The number of rotatable bonds is 2. The maximum Gasteiger partial charge on any atom is 0.256 e. The average Bonchev–Trinajstić information content (AvgIpc) is 2.93. The number of hydrogen-bond acceptors (Lipinski definition) is 4. The van der Waals surface area contributed by atoms with Crippen LogP contribution in [-0.4, -0.2) is 23.4 Å². The fourth-order valence-electron chi connectivity index (χ4n) is 3.40. The van der Waals surface area contributed by atoms with Crippen LogP contribution in [0.2, 0.25) is 0 Å². The summed E-state index contributed by atoms with van der Waals surface area (Å²) in [5.74, 6) is 0.0483. The van der Waals surface area contributed by atoms with Crippen LogP contribution in [0.1, 0.15) is 46.4 Å². The highest BCUT2D eigenvalue weighted by atomic mass is 79.9. The Bertz CT molecular complexity index is 784. The molecule has 2 aliphatic rings. The molecule has 0 aliphatic carbocycles. The molecule has 1 aromatic heterocycles. The van der Waals surface area contributed by atoms with Gasteiger partial charge in [-0.1, -0.05) is 28.1 Å². The highest BCUT2D eigenvalue weighted by Gasteiger charge is 2.33. The van der Waals surface area contributed by atoms with E-state index in [1.165, 1.54) is 10.4 Å². The van der Waals surface area contributed by atoms with Crippen LogP contribution in [0.5, 0.6) is 0 Å². The van der Waals surface area contributed by atoms with Crippen molar-refractivity contribution in [1.29, 1.82) is 0 Å². The van der Waals surface area contributed by atoms with Crippen LogP contribution < -0.4 is 10.6 Å². The quantitative estimate of drug-likeness (QED) is 0.788. The number of hydrogen-bond donors (Lipinski definition) is 2. The van der Waals surface area contributed by atoms with Crippen LogP contribution in [0.3, 0.4) is 0 Å². The van der Waals surface area contributed by atoms with E-state index in [2.05, 4.69) is 45.3 Å². The summed E-state index contributed by atoms with van der Waals surface area (Å²) in [5, 5.41) is 7.64. The van der Waals surface area contributed by atoms with Crippen molar-refractivity contribution in [2.45, 2.75) is 39.0 Å². The molecule has 0 saturated carbocycles. The summed E-state index contributed by atoms with van der Waals surface area (Å²) >= 11 is 5.19. The van der Waals surface area contributed by atoms with E-state index in [0.717, 1.165) is 40.1 Å². The van der Waals surface area contributed by atoms with E-state index in [-0.39, 0.29) is 12.1 Å². The van der Waals surface area contributed by atoms with Gasteiger partial charge in [0, 0.05) is 28.5 Å². The van der Waals surface area contributed by atoms with Crippen molar-refractivity contribution < 1.29 is 4.79 Å². The molecule has 1 aromatic carbocycles. The second-order valence-electron chi connectivity index (χ2n) is 6.62. The highest BCUT2D eigenvalue weighted by molar-refractivity contribution is 9.10. The Morgan fingerprint density at radius 3 is 2.71 bits per heavy atom. The molecule has 0 fully saturated rings. The lowest BCUT2D eigenvalue weighted by molar-refractivity contribution is 0.0934. The predicted octanol–water partition coefficient (Wildman–Crippen LogP) is 4.13. The second kappa shape index (κ2) is 6.17. The molecule has 0 unspecified atom stereocenters. The smallest absolute Gasteiger partial charge is 0.256 e. The van der Waals surface area contributed by atoms with Gasteiger partial charge in [0.1, 0.15) is 11.2 Å². The van der Waals surface area contributed by atoms with Gasteiger partial charge in [0.05, 0.1) is 5.56 Å². The van der Waals surface area contributed by atoms with Gasteiger partial charge < -0.3 is 10.6 Å². The summed E-state index contributed by atoms with van der Waals surface area (Å²) in [6.45, 7) is 6.43. The van der Waals surface area contributed by atoms with Gasteiger partial charge in [-0.05, 0) is 43.5 Å². The van der Waals surface area contributed by atoms with E-state index >= 15 is 0 Å². The number of nitrogens with zero attached hydrogens (tertiary/aromatic N) is 1. The van der Waals surface area contributed by atoms with Gasteiger partial charge in [0.2, 0.25) is 0 Å². The molecule has 2 aliphatic heterocycles. The molecule has 1 amide bonds. The van der Waals surface area contributed by atoms with E-state index in [1.807, 2.05) is 24.3 Å². The third-order valence-electron chi connectivity index (χ3n) is 4.80. The predicted molar refractivity (Wildman–Crippen MR) is 102 cm³/mol. The summed E-state index contributed by atoms with van der Waals surface area (Å²) in [4.78, 5) is 16.5. The second-order valence-corrected chi connectivity index (χ2v) is 8.65. The first-order valence-corrected chi connectivity index (χ1v) is 9.85. The van der Waals surface area contributed by atoms with Crippen molar-refractivity contribution in [3.8, 4) is 0 Å². The lowest BCUT2D eigenvalue weighted by Crippen LogP contribution is -2.39. The van der Waals surface area contributed by atoms with Crippen LogP contribution in [0.15, 0.2) is 28.7 Å². The Hall–Kier alpha value is -1.37. The Morgan fingerprint density at radius 2 is 2.00 bits per heavy atom. The van der Waals surface area contributed by atoms with E-state index in [4.69, 9.17) is 0 Å². The van der Waals surface area contributed by atoms with Crippen molar-refractivity contribution in [3.05, 3.63) is 50.3 Å². The Kier molecular flexibility index (Phi) is 4.14. The fraction of sp³-hybridized carbons (Fsp3) is 0.389. The molecule has 2 aromatic rings. The molecule has 6 heteroatoms. The number of amides is 1. The molecule has 0 bridgehead atoms. The molecule has 4 nitrogen and oxygen atoms in total. The minimum atomic E-state index is -0.167. The number of nitrogens with one attached hydrogen (secondary N) is 2. The zero-order valence-electron chi connectivity index (χ0n) is 13.7. The van der Waals surface area contributed by atoms with Crippen molar-refractivity contribution in [3.63, 3.8) is 0 Å².